The average Bonchev–Trinajstić information content (AvgIpc) is 3.24. The van der Waals surface area contributed by atoms with Gasteiger partial charge in [0, 0.05) is 24.7 Å². The highest BCUT2D eigenvalue weighted by molar-refractivity contribution is 7.89. The van der Waals surface area contributed by atoms with E-state index in [4.69, 9.17) is 25.8 Å². The topological polar surface area (TPSA) is 65.1 Å². The van der Waals surface area contributed by atoms with Gasteiger partial charge in [-0.2, -0.15) is 4.31 Å². The Labute approximate surface area is 198 Å². The summed E-state index contributed by atoms with van der Waals surface area (Å²) in [7, 11) is -2.01. The Kier molecular flexibility index (Phi) is 5.72. The highest BCUT2D eigenvalue weighted by atomic mass is 35.5. The number of ether oxygens (including phenoxy) is 3. The van der Waals surface area contributed by atoms with Gasteiger partial charge in [-0.3, -0.25) is 0 Å². The molecule has 3 aromatic rings. The van der Waals surface area contributed by atoms with Crippen LogP contribution in [-0.2, 0) is 15.8 Å². The van der Waals surface area contributed by atoms with Gasteiger partial charge in [-0.25, -0.2) is 8.42 Å². The van der Waals surface area contributed by atoms with Gasteiger partial charge in [-0.1, -0.05) is 30.2 Å². The van der Waals surface area contributed by atoms with Gasteiger partial charge in [-0.15, -0.1) is 0 Å². The lowest BCUT2D eigenvalue weighted by Crippen LogP contribution is -2.37. The molecule has 1 saturated heterocycles. The SMILES string of the molecule is COc1ccc(C2(c3ccccc3Cl)Oc3ccc(S(=O)(=O)N4CCCCC4)cc3O2)cc1. The lowest BCUT2D eigenvalue weighted by Gasteiger charge is -2.29. The van der Waals surface area contributed by atoms with E-state index in [0.717, 1.165) is 19.3 Å². The normalized spacial score (nSPS) is 20.5. The molecule has 0 saturated carbocycles. The number of halogens is 1. The second-order valence-corrected chi connectivity index (χ2v) is 10.4. The number of sulfonamides is 1. The number of fused-ring (bicyclic) bond motifs is 1. The molecule has 1 fully saturated rings. The van der Waals surface area contributed by atoms with Crippen molar-refractivity contribution in [1.29, 1.82) is 0 Å². The summed E-state index contributed by atoms with van der Waals surface area (Å²) in [5.41, 5.74) is 1.32. The molecule has 3 aromatic carbocycles. The molecule has 1 unspecified atom stereocenters. The Bertz CT molecular complexity index is 1270. The molecular formula is C25H24ClNO5S. The molecule has 0 radical (unpaired) electrons. The van der Waals surface area contributed by atoms with Crippen molar-refractivity contribution in [2.75, 3.05) is 20.2 Å². The molecule has 1 atom stereocenters. The fourth-order valence-corrected chi connectivity index (χ4v) is 6.11. The number of piperidine rings is 1. The van der Waals surface area contributed by atoms with Gasteiger partial charge in [0.2, 0.25) is 10.0 Å². The predicted molar refractivity (Wildman–Crippen MR) is 126 cm³/mol. The first-order valence-corrected chi connectivity index (χ1v) is 12.7. The molecule has 2 aliphatic heterocycles. The second kappa shape index (κ2) is 8.56. The van der Waals surface area contributed by atoms with E-state index in [1.807, 2.05) is 42.5 Å². The molecule has 0 bridgehead atoms. The third-order valence-corrected chi connectivity index (χ3v) is 8.30. The van der Waals surface area contributed by atoms with Gasteiger partial charge in [0.15, 0.2) is 11.5 Å². The summed E-state index contributed by atoms with van der Waals surface area (Å²) >= 11 is 6.56. The number of methoxy groups -OCH3 is 1. The highest BCUT2D eigenvalue weighted by Crippen LogP contribution is 2.50. The third-order valence-electron chi connectivity index (χ3n) is 6.07. The molecule has 6 nitrogen and oxygen atoms in total. The van der Waals surface area contributed by atoms with Crippen molar-refractivity contribution in [3.8, 4) is 17.2 Å². The van der Waals surface area contributed by atoms with E-state index in [9.17, 15) is 8.42 Å². The van der Waals surface area contributed by atoms with Gasteiger partial charge < -0.3 is 14.2 Å². The zero-order valence-electron chi connectivity index (χ0n) is 18.2. The summed E-state index contributed by atoms with van der Waals surface area (Å²) in [4.78, 5) is 0.191. The van der Waals surface area contributed by atoms with Crippen LogP contribution >= 0.6 is 11.6 Å². The Balaban J connectivity index is 1.58. The van der Waals surface area contributed by atoms with Gasteiger partial charge in [0.25, 0.3) is 0 Å². The zero-order valence-corrected chi connectivity index (χ0v) is 19.7. The van der Waals surface area contributed by atoms with Crippen LogP contribution in [0.1, 0.15) is 30.4 Å². The molecule has 0 aliphatic carbocycles. The standard InChI is InChI=1S/C25H24ClNO5S/c1-30-19-11-9-18(10-12-19)25(21-7-3-4-8-22(21)26)31-23-14-13-20(17-24(23)32-25)33(28,29)27-15-5-2-6-16-27/h3-4,7-14,17H,2,5-6,15-16H2,1H3. The first kappa shape index (κ1) is 22.1. The highest BCUT2D eigenvalue weighted by Gasteiger charge is 2.47. The van der Waals surface area contributed by atoms with Crippen LogP contribution in [0.15, 0.2) is 71.6 Å². The van der Waals surface area contributed by atoms with Crippen molar-refractivity contribution in [2.24, 2.45) is 0 Å². The maximum absolute atomic E-state index is 13.2. The predicted octanol–water partition coefficient (Wildman–Crippen LogP) is 5.20. The molecule has 172 valence electrons. The minimum Gasteiger partial charge on any atom is -0.497 e. The van der Waals surface area contributed by atoms with E-state index < -0.39 is 15.8 Å². The van der Waals surface area contributed by atoms with Gasteiger partial charge in [0.1, 0.15) is 5.75 Å². The summed E-state index contributed by atoms with van der Waals surface area (Å²) < 4.78 is 46.0. The second-order valence-electron chi connectivity index (χ2n) is 8.10. The third kappa shape index (κ3) is 3.84. The monoisotopic (exact) mass is 485 g/mol. The number of rotatable bonds is 5. The van der Waals surface area contributed by atoms with E-state index >= 15 is 0 Å². The van der Waals surface area contributed by atoms with Crippen LogP contribution in [0.25, 0.3) is 0 Å². The zero-order chi connectivity index (χ0) is 23.1. The molecule has 0 aromatic heterocycles. The first-order chi connectivity index (χ1) is 15.9. The van der Waals surface area contributed by atoms with Gasteiger partial charge in [0.05, 0.1) is 22.6 Å². The summed E-state index contributed by atoms with van der Waals surface area (Å²) in [6, 6.07) is 19.4. The van der Waals surface area contributed by atoms with Crippen molar-refractivity contribution in [3.63, 3.8) is 0 Å². The molecule has 5 rings (SSSR count). The molecular weight excluding hydrogens is 462 g/mol. The minimum atomic E-state index is -3.61. The van der Waals surface area contributed by atoms with E-state index in [-0.39, 0.29) is 4.90 Å². The Morgan fingerprint density at radius 1 is 0.909 bits per heavy atom. The van der Waals surface area contributed by atoms with Crippen molar-refractivity contribution in [2.45, 2.75) is 29.9 Å². The average molecular weight is 486 g/mol. The first-order valence-electron chi connectivity index (χ1n) is 10.9. The van der Waals surface area contributed by atoms with Crippen LogP contribution in [0, 0.1) is 0 Å². The molecule has 0 N–H and O–H groups in total. The van der Waals surface area contributed by atoms with Crippen molar-refractivity contribution < 1.29 is 22.6 Å². The molecule has 0 spiro atoms. The van der Waals surface area contributed by atoms with Crippen LogP contribution in [0.3, 0.4) is 0 Å². The molecule has 33 heavy (non-hydrogen) atoms. The number of benzene rings is 3. The molecule has 0 amide bonds. The van der Waals surface area contributed by atoms with Crippen molar-refractivity contribution >= 4 is 21.6 Å². The number of nitrogens with zero attached hydrogens (tertiary/aromatic N) is 1. The fourth-order valence-electron chi connectivity index (χ4n) is 4.32. The molecule has 2 heterocycles. The maximum Gasteiger partial charge on any atom is 0.307 e. The Hall–Kier alpha value is -2.74. The van der Waals surface area contributed by atoms with Crippen LogP contribution in [0.5, 0.6) is 17.2 Å². The summed E-state index contributed by atoms with van der Waals surface area (Å²) in [6.07, 6.45) is 2.79. The quantitative estimate of drug-likeness (QED) is 0.497. The summed E-state index contributed by atoms with van der Waals surface area (Å²) in [5, 5.41) is 0.474. The van der Waals surface area contributed by atoms with E-state index in [1.54, 1.807) is 35.7 Å². The van der Waals surface area contributed by atoms with Gasteiger partial charge in [-0.05, 0) is 61.4 Å². The van der Waals surface area contributed by atoms with Gasteiger partial charge >= 0.3 is 5.79 Å². The maximum atomic E-state index is 13.2. The Morgan fingerprint density at radius 2 is 1.61 bits per heavy atom. The fraction of sp³-hybridized carbons (Fsp3) is 0.280. The van der Waals surface area contributed by atoms with Crippen LogP contribution in [-0.4, -0.2) is 32.9 Å². The minimum absolute atomic E-state index is 0.191. The van der Waals surface area contributed by atoms with Crippen LogP contribution in [0.4, 0.5) is 0 Å². The molecule has 8 heteroatoms. The Morgan fingerprint density at radius 3 is 2.30 bits per heavy atom. The van der Waals surface area contributed by atoms with Crippen LogP contribution < -0.4 is 14.2 Å². The molecule has 2 aliphatic rings. The van der Waals surface area contributed by atoms with E-state index in [0.29, 0.717) is 46.5 Å². The largest absolute Gasteiger partial charge is 0.497 e. The van der Waals surface area contributed by atoms with E-state index in [2.05, 4.69) is 0 Å². The smallest absolute Gasteiger partial charge is 0.307 e. The lowest BCUT2D eigenvalue weighted by atomic mass is 9.97. The van der Waals surface area contributed by atoms with Crippen molar-refractivity contribution in [1.82, 2.24) is 4.31 Å². The van der Waals surface area contributed by atoms with Crippen molar-refractivity contribution in [3.05, 3.63) is 82.9 Å². The number of hydrogen-bond acceptors (Lipinski definition) is 5. The summed E-state index contributed by atoms with van der Waals surface area (Å²) in [6.45, 7) is 1.07. The summed E-state index contributed by atoms with van der Waals surface area (Å²) in [5.74, 6) is 0.131. The van der Waals surface area contributed by atoms with E-state index in [1.165, 1.54) is 0 Å². The number of hydrogen-bond donors (Lipinski definition) is 0. The van der Waals surface area contributed by atoms with Crippen LogP contribution in [0.2, 0.25) is 5.02 Å². The lowest BCUT2D eigenvalue weighted by molar-refractivity contribution is -0.0458.